The van der Waals surface area contributed by atoms with Gasteiger partial charge in [0, 0.05) is 6.61 Å². The number of para-hydroxylation sites is 1. The van der Waals surface area contributed by atoms with E-state index in [2.05, 4.69) is 10.6 Å². The number of nitrogens with one attached hydrogen (secondary N) is 2. The van der Waals surface area contributed by atoms with Gasteiger partial charge in [0.15, 0.2) is 0 Å². The van der Waals surface area contributed by atoms with E-state index in [1.54, 1.807) is 12.1 Å². The molecule has 2 rings (SSSR count). The smallest absolute Gasteiger partial charge is 0.319 e. The average Bonchev–Trinajstić information content (AvgIpc) is 2.85. The van der Waals surface area contributed by atoms with Crippen LogP contribution in [0.5, 0.6) is 0 Å². The van der Waals surface area contributed by atoms with E-state index in [9.17, 15) is 4.79 Å². The third kappa shape index (κ3) is 3.37. The summed E-state index contributed by atoms with van der Waals surface area (Å²) in [6, 6.07) is 6.88. The van der Waals surface area contributed by atoms with Crippen LogP contribution in [0.25, 0.3) is 0 Å². The van der Waals surface area contributed by atoms with Crippen LogP contribution < -0.4 is 10.6 Å². The van der Waals surface area contributed by atoms with Gasteiger partial charge in [-0.1, -0.05) is 23.7 Å². The second kappa shape index (κ2) is 6.07. The lowest BCUT2D eigenvalue weighted by Crippen LogP contribution is -2.43. The van der Waals surface area contributed by atoms with E-state index < -0.39 is 0 Å². The zero-order valence-electron chi connectivity index (χ0n) is 10.3. The maximum atomic E-state index is 11.8. The number of halogens is 1. The van der Waals surface area contributed by atoms with Crippen LogP contribution in [0, 0.1) is 0 Å². The maximum Gasteiger partial charge on any atom is 0.319 e. The van der Waals surface area contributed by atoms with E-state index >= 15 is 0 Å². The minimum atomic E-state index is -0.258. The molecule has 2 atom stereocenters. The molecular formula is C13H17ClN2O2. The molecule has 4 nitrogen and oxygen atoms in total. The Hall–Kier alpha value is -1.26. The number of urea groups is 1. The van der Waals surface area contributed by atoms with Crippen molar-refractivity contribution in [2.75, 3.05) is 11.9 Å². The molecule has 2 amide bonds. The topological polar surface area (TPSA) is 50.4 Å². The fraction of sp³-hybridized carbons (Fsp3) is 0.462. The Kier molecular flexibility index (Phi) is 4.44. The molecule has 1 aromatic carbocycles. The lowest BCUT2D eigenvalue weighted by molar-refractivity contribution is 0.0868. The van der Waals surface area contributed by atoms with Gasteiger partial charge in [0.1, 0.15) is 0 Å². The molecule has 1 saturated heterocycles. The molecule has 98 valence electrons. The Morgan fingerprint density at radius 2 is 2.28 bits per heavy atom. The third-order valence-electron chi connectivity index (χ3n) is 3.00. The van der Waals surface area contributed by atoms with Crippen LogP contribution in [-0.4, -0.2) is 24.8 Å². The van der Waals surface area contributed by atoms with Crippen molar-refractivity contribution in [1.29, 1.82) is 0 Å². The standard InChI is InChI=1S/C13H17ClN2O2/c1-9(12-7-4-8-18-12)15-13(17)16-11-6-3-2-5-10(11)14/h2-3,5-6,9,12H,4,7-8H2,1H3,(H2,15,16,17)/t9-,12+/m1/s1. The first-order valence-electron chi connectivity index (χ1n) is 6.10. The van der Waals surface area contributed by atoms with E-state index in [0.29, 0.717) is 10.7 Å². The molecule has 1 fully saturated rings. The fourth-order valence-corrected chi connectivity index (χ4v) is 2.20. The van der Waals surface area contributed by atoms with Gasteiger partial charge < -0.3 is 15.4 Å². The molecule has 1 aromatic rings. The van der Waals surface area contributed by atoms with Gasteiger partial charge in [-0.25, -0.2) is 4.79 Å². The van der Waals surface area contributed by atoms with Gasteiger partial charge in [-0.15, -0.1) is 0 Å². The Labute approximate surface area is 112 Å². The summed E-state index contributed by atoms with van der Waals surface area (Å²) in [6.07, 6.45) is 2.16. The van der Waals surface area contributed by atoms with Crippen LogP contribution in [0.3, 0.4) is 0 Å². The average molecular weight is 269 g/mol. The van der Waals surface area contributed by atoms with Crippen LogP contribution in [0.1, 0.15) is 19.8 Å². The molecule has 0 spiro atoms. The van der Waals surface area contributed by atoms with Gasteiger partial charge in [-0.2, -0.15) is 0 Å². The molecule has 0 bridgehead atoms. The van der Waals surface area contributed by atoms with Crippen molar-refractivity contribution in [2.24, 2.45) is 0 Å². The van der Waals surface area contributed by atoms with Gasteiger partial charge in [-0.05, 0) is 31.9 Å². The number of amides is 2. The lowest BCUT2D eigenvalue weighted by Gasteiger charge is -2.20. The van der Waals surface area contributed by atoms with Gasteiger partial charge in [-0.3, -0.25) is 0 Å². The van der Waals surface area contributed by atoms with Crippen molar-refractivity contribution in [1.82, 2.24) is 5.32 Å². The van der Waals surface area contributed by atoms with Gasteiger partial charge in [0.05, 0.1) is 22.9 Å². The van der Waals surface area contributed by atoms with E-state index in [4.69, 9.17) is 16.3 Å². The first kappa shape index (κ1) is 13.2. The molecule has 18 heavy (non-hydrogen) atoms. The maximum absolute atomic E-state index is 11.8. The highest BCUT2D eigenvalue weighted by atomic mass is 35.5. The number of benzene rings is 1. The van der Waals surface area contributed by atoms with Crippen molar-refractivity contribution in [3.05, 3.63) is 29.3 Å². The Bertz CT molecular complexity index is 419. The molecule has 0 unspecified atom stereocenters. The van der Waals surface area contributed by atoms with Crippen molar-refractivity contribution in [2.45, 2.75) is 31.9 Å². The Morgan fingerprint density at radius 3 is 2.94 bits per heavy atom. The molecule has 0 radical (unpaired) electrons. The minimum Gasteiger partial charge on any atom is -0.376 e. The molecule has 1 aliphatic rings. The molecule has 0 aromatic heterocycles. The molecule has 5 heteroatoms. The van der Waals surface area contributed by atoms with Crippen LogP contribution >= 0.6 is 11.6 Å². The zero-order chi connectivity index (χ0) is 13.0. The number of ether oxygens (including phenoxy) is 1. The van der Waals surface area contributed by atoms with E-state index in [1.807, 2.05) is 19.1 Å². The third-order valence-corrected chi connectivity index (χ3v) is 3.33. The molecule has 1 aliphatic heterocycles. The van der Waals surface area contributed by atoms with E-state index in [1.165, 1.54) is 0 Å². The summed E-state index contributed by atoms with van der Waals surface area (Å²) in [5.41, 5.74) is 0.608. The predicted molar refractivity (Wildman–Crippen MR) is 72.0 cm³/mol. The molecule has 0 saturated carbocycles. The van der Waals surface area contributed by atoms with Gasteiger partial charge >= 0.3 is 6.03 Å². The number of anilines is 1. The summed E-state index contributed by atoms with van der Waals surface area (Å²) >= 11 is 5.96. The molecule has 0 aliphatic carbocycles. The van der Waals surface area contributed by atoms with E-state index in [-0.39, 0.29) is 18.2 Å². The Morgan fingerprint density at radius 1 is 1.50 bits per heavy atom. The predicted octanol–water partition coefficient (Wildman–Crippen LogP) is 3.03. The zero-order valence-corrected chi connectivity index (χ0v) is 11.0. The fourth-order valence-electron chi connectivity index (χ4n) is 2.02. The number of carbonyl (C=O) groups excluding carboxylic acids is 1. The van der Waals surface area contributed by atoms with Gasteiger partial charge in [0.25, 0.3) is 0 Å². The normalized spacial score (nSPS) is 20.4. The summed E-state index contributed by atoms with van der Waals surface area (Å²) < 4.78 is 5.52. The minimum absolute atomic E-state index is 0.00464. The Balaban J connectivity index is 1.86. The van der Waals surface area contributed by atoms with Crippen molar-refractivity contribution in [3.63, 3.8) is 0 Å². The highest BCUT2D eigenvalue weighted by molar-refractivity contribution is 6.33. The summed E-state index contributed by atoms with van der Waals surface area (Å²) in [5, 5.41) is 6.12. The number of rotatable bonds is 3. The van der Waals surface area contributed by atoms with Crippen molar-refractivity contribution < 1.29 is 9.53 Å². The van der Waals surface area contributed by atoms with Gasteiger partial charge in [0.2, 0.25) is 0 Å². The quantitative estimate of drug-likeness (QED) is 0.885. The summed E-state index contributed by atoms with van der Waals surface area (Å²) in [7, 11) is 0. The first-order valence-corrected chi connectivity index (χ1v) is 6.48. The summed E-state index contributed by atoms with van der Waals surface area (Å²) in [5.74, 6) is 0. The summed E-state index contributed by atoms with van der Waals surface area (Å²) in [6.45, 7) is 2.73. The monoisotopic (exact) mass is 268 g/mol. The number of carbonyl (C=O) groups is 1. The summed E-state index contributed by atoms with van der Waals surface area (Å²) in [4.78, 5) is 11.8. The SMILES string of the molecule is C[C@@H](NC(=O)Nc1ccccc1Cl)[C@@H]1CCCO1. The second-order valence-electron chi connectivity index (χ2n) is 4.42. The first-order chi connectivity index (χ1) is 8.66. The van der Waals surface area contributed by atoms with Crippen molar-refractivity contribution in [3.8, 4) is 0 Å². The van der Waals surface area contributed by atoms with Crippen LogP contribution in [-0.2, 0) is 4.74 Å². The highest BCUT2D eigenvalue weighted by Gasteiger charge is 2.23. The second-order valence-corrected chi connectivity index (χ2v) is 4.83. The van der Waals surface area contributed by atoms with Crippen LogP contribution in [0.2, 0.25) is 5.02 Å². The largest absolute Gasteiger partial charge is 0.376 e. The van der Waals surface area contributed by atoms with Crippen molar-refractivity contribution >= 4 is 23.3 Å². The van der Waals surface area contributed by atoms with Crippen LogP contribution in [0.15, 0.2) is 24.3 Å². The molecule has 1 heterocycles. The number of hydrogen-bond donors (Lipinski definition) is 2. The highest BCUT2D eigenvalue weighted by Crippen LogP contribution is 2.20. The number of hydrogen-bond acceptors (Lipinski definition) is 2. The van der Waals surface area contributed by atoms with Crippen LogP contribution in [0.4, 0.5) is 10.5 Å². The molecular weight excluding hydrogens is 252 g/mol. The van der Waals surface area contributed by atoms with E-state index in [0.717, 1.165) is 19.4 Å². The molecule has 2 N–H and O–H groups in total. The lowest BCUT2D eigenvalue weighted by atomic mass is 10.1.